The Hall–Kier alpha value is -1.86. The number of primary amides is 1. The van der Waals surface area contributed by atoms with Crippen molar-refractivity contribution in [2.45, 2.75) is 18.7 Å². The summed E-state index contributed by atoms with van der Waals surface area (Å²) >= 11 is 1.20. The third-order valence-electron chi connectivity index (χ3n) is 2.91. The van der Waals surface area contributed by atoms with E-state index in [1.54, 1.807) is 25.1 Å². The minimum absolute atomic E-state index is 0.138. The Morgan fingerprint density at radius 2 is 1.80 bits per heavy atom. The smallest absolute Gasteiger partial charge is 0.262 e. The second-order valence-electron chi connectivity index (χ2n) is 4.27. The highest BCUT2D eigenvalue weighted by molar-refractivity contribution is 7.93. The zero-order chi connectivity index (χ0) is 14.9. The van der Waals surface area contributed by atoms with Crippen molar-refractivity contribution in [3.8, 4) is 0 Å². The molecule has 0 aliphatic rings. The summed E-state index contributed by atoms with van der Waals surface area (Å²) in [6, 6.07) is 7.97. The molecule has 0 unspecified atom stereocenters. The van der Waals surface area contributed by atoms with Crippen molar-refractivity contribution in [1.82, 2.24) is 0 Å². The number of nitrogens with two attached hydrogens (primary N) is 1. The van der Waals surface area contributed by atoms with Crippen LogP contribution < -0.4 is 10.5 Å². The average molecular weight is 310 g/mol. The van der Waals surface area contributed by atoms with E-state index in [2.05, 4.69) is 4.72 Å². The van der Waals surface area contributed by atoms with Gasteiger partial charge < -0.3 is 5.73 Å². The number of aryl methyl sites for hydroxylation is 1. The predicted molar refractivity (Wildman–Crippen MR) is 79.6 cm³/mol. The number of anilines is 1. The summed E-state index contributed by atoms with van der Waals surface area (Å²) in [4.78, 5) is 12.5. The number of amides is 1. The molecule has 106 valence electrons. The number of carbonyl (C=O) groups is 1. The molecular formula is C13H14N2O3S2. The van der Waals surface area contributed by atoms with Gasteiger partial charge in [-0.3, -0.25) is 9.52 Å². The first-order chi connectivity index (χ1) is 9.33. The number of hydrogen-bond acceptors (Lipinski definition) is 4. The lowest BCUT2D eigenvalue weighted by atomic mass is 10.1. The molecule has 0 bridgehead atoms. The maximum Gasteiger partial charge on any atom is 0.262 e. The van der Waals surface area contributed by atoms with E-state index in [0.29, 0.717) is 5.56 Å². The maximum atomic E-state index is 12.2. The van der Waals surface area contributed by atoms with E-state index in [0.717, 1.165) is 4.88 Å². The van der Waals surface area contributed by atoms with E-state index >= 15 is 0 Å². The molecule has 0 saturated heterocycles. The van der Waals surface area contributed by atoms with Crippen LogP contribution in [0.25, 0.3) is 0 Å². The van der Waals surface area contributed by atoms with E-state index in [4.69, 9.17) is 5.73 Å². The summed E-state index contributed by atoms with van der Waals surface area (Å²) in [5.41, 5.74) is 6.25. The minimum atomic E-state index is -3.72. The average Bonchev–Trinajstić information content (AvgIpc) is 2.65. The third-order valence-corrected chi connectivity index (χ3v) is 5.53. The molecular weight excluding hydrogens is 296 g/mol. The van der Waals surface area contributed by atoms with Gasteiger partial charge >= 0.3 is 0 Å². The Morgan fingerprint density at radius 3 is 2.35 bits per heavy atom. The largest absolute Gasteiger partial charge is 0.365 e. The van der Waals surface area contributed by atoms with Gasteiger partial charge in [0.15, 0.2) is 0 Å². The summed E-state index contributed by atoms with van der Waals surface area (Å²) in [5.74, 6) is -0.641. The van der Waals surface area contributed by atoms with E-state index in [1.807, 2.05) is 6.92 Å². The first-order valence-electron chi connectivity index (χ1n) is 5.80. The fourth-order valence-electron chi connectivity index (χ4n) is 1.78. The summed E-state index contributed by atoms with van der Waals surface area (Å²) in [6.07, 6.45) is 0. The number of rotatable bonds is 4. The summed E-state index contributed by atoms with van der Waals surface area (Å²) < 4.78 is 26.9. The molecule has 2 aromatic rings. The number of hydrogen-bond donors (Lipinski definition) is 2. The van der Waals surface area contributed by atoms with E-state index in [1.165, 1.54) is 23.5 Å². The molecule has 0 atom stereocenters. The highest BCUT2D eigenvalue weighted by Gasteiger charge is 2.22. The van der Waals surface area contributed by atoms with Crippen LogP contribution in [0, 0.1) is 13.8 Å². The van der Waals surface area contributed by atoms with Gasteiger partial charge in [0.25, 0.3) is 15.9 Å². The molecule has 20 heavy (non-hydrogen) atoms. The van der Waals surface area contributed by atoms with Crippen molar-refractivity contribution in [1.29, 1.82) is 0 Å². The topological polar surface area (TPSA) is 89.3 Å². The van der Waals surface area contributed by atoms with Crippen LogP contribution >= 0.6 is 11.3 Å². The van der Waals surface area contributed by atoms with Crippen LogP contribution in [0.2, 0.25) is 0 Å². The molecule has 0 aliphatic carbocycles. The second kappa shape index (κ2) is 5.26. The quantitative estimate of drug-likeness (QED) is 0.907. The van der Waals surface area contributed by atoms with Crippen LogP contribution in [0.1, 0.15) is 20.8 Å². The molecule has 0 saturated carbocycles. The Kier molecular flexibility index (Phi) is 3.82. The van der Waals surface area contributed by atoms with E-state index in [9.17, 15) is 13.2 Å². The summed E-state index contributed by atoms with van der Waals surface area (Å²) in [5, 5.41) is 0.261. The lowest BCUT2D eigenvalue weighted by molar-refractivity contribution is 0.100. The molecule has 0 spiro atoms. The molecule has 1 amide bonds. The number of sulfonamides is 1. The number of nitrogens with one attached hydrogen (secondary N) is 1. The third kappa shape index (κ3) is 2.68. The van der Waals surface area contributed by atoms with Gasteiger partial charge in [-0.05, 0) is 31.5 Å². The summed E-state index contributed by atoms with van der Waals surface area (Å²) in [7, 11) is -3.72. The predicted octanol–water partition coefficient (Wildman–Crippen LogP) is 2.26. The van der Waals surface area contributed by atoms with Gasteiger partial charge in [0, 0.05) is 4.88 Å². The van der Waals surface area contributed by atoms with Gasteiger partial charge in [0.1, 0.15) is 5.00 Å². The van der Waals surface area contributed by atoms with Crippen molar-refractivity contribution >= 4 is 32.3 Å². The van der Waals surface area contributed by atoms with Gasteiger partial charge in [0.05, 0.1) is 10.5 Å². The molecule has 7 heteroatoms. The molecule has 5 nitrogen and oxygen atoms in total. The van der Waals surface area contributed by atoms with Crippen molar-refractivity contribution < 1.29 is 13.2 Å². The van der Waals surface area contributed by atoms with Gasteiger partial charge in [-0.25, -0.2) is 8.42 Å². The highest BCUT2D eigenvalue weighted by Crippen LogP contribution is 2.33. The van der Waals surface area contributed by atoms with E-state index < -0.39 is 15.9 Å². The van der Waals surface area contributed by atoms with Crippen LogP contribution in [0.5, 0.6) is 0 Å². The monoisotopic (exact) mass is 310 g/mol. The first kappa shape index (κ1) is 14.5. The van der Waals surface area contributed by atoms with Crippen LogP contribution in [0.3, 0.4) is 0 Å². The summed E-state index contributed by atoms with van der Waals surface area (Å²) in [6.45, 7) is 3.55. The molecule has 1 aromatic carbocycles. The highest BCUT2D eigenvalue weighted by atomic mass is 32.2. The van der Waals surface area contributed by atoms with Crippen LogP contribution in [-0.2, 0) is 10.0 Å². The van der Waals surface area contributed by atoms with Crippen molar-refractivity contribution in [2.75, 3.05) is 4.72 Å². The Morgan fingerprint density at radius 1 is 1.20 bits per heavy atom. The number of thiophene rings is 1. The normalized spacial score (nSPS) is 11.3. The fraction of sp³-hybridized carbons (Fsp3) is 0.154. The van der Waals surface area contributed by atoms with Crippen molar-refractivity contribution in [3.63, 3.8) is 0 Å². The Labute approximate surface area is 121 Å². The van der Waals surface area contributed by atoms with Crippen LogP contribution in [0.15, 0.2) is 35.2 Å². The number of benzene rings is 1. The van der Waals surface area contributed by atoms with Crippen molar-refractivity contribution in [2.24, 2.45) is 5.73 Å². The Balaban J connectivity index is 2.46. The molecule has 0 fully saturated rings. The van der Waals surface area contributed by atoms with Gasteiger partial charge in [-0.2, -0.15) is 0 Å². The second-order valence-corrected chi connectivity index (χ2v) is 7.18. The van der Waals surface area contributed by atoms with Crippen LogP contribution in [-0.4, -0.2) is 14.3 Å². The van der Waals surface area contributed by atoms with Gasteiger partial charge in [-0.15, -0.1) is 11.3 Å². The van der Waals surface area contributed by atoms with E-state index in [-0.39, 0.29) is 15.5 Å². The molecule has 1 aromatic heterocycles. The first-order valence-corrected chi connectivity index (χ1v) is 8.10. The maximum absolute atomic E-state index is 12.2. The molecule has 1 heterocycles. The minimum Gasteiger partial charge on any atom is -0.365 e. The van der Waals surface area contributed by atoms with Gasteiger partial charge in [0.2, 0.25) is 0 Å². The Bertz CT molecular complexity index is 749. The lowest BCUT2D eigenvalue weighted by Crippen LogP contribution is -2.17. The number of carbonyl (C=O) groups excluding carboxylic acids is 1. The lowest BCUT2D eigenvalue weighted by Gasteiger charge is -2.07. The van der Waals surface area contributed by atoms with Crippen molar-refractivity contribution in [3.05, 3.63) is 46.3 Å². The molecule has 0 radical (unpaired) electrons. The SMILES string of the molecule is Cc1sc(NS(=O)(=O)c2ccccc2)c(C(N)=O)c1C. The van der Waals surface area contributed by atoms with Gasteiger partial charge in [-0.1, -0.05) is 18.2 Å². The molecule has 0 aliphatic heterocycles. The molecule has 2 rings (SSSR count). The van der Waals surface area contributed by atoms with Crippen LogP contribution in [0.4, 0.5) is 5.00 Å². The zero-order valence-electron chi connectivity index (χ0n) is 11.0. The zero-order valence-corrected chi connectivity index (χ0v) is 12.6. The fourth-order valence-corrected chi connectivity index (χ4v) is 4.17. The standard InChI is InChI=1S/C13H14N2O3S2/c1-8-9(2)19-13(11(8)12(14)16)15-20(17,18)10-6-4-3-5-7-10/h3-7,15H,1-2H3,(H2,14,16). The molecule has 3 N–H and O–H groups in total.